The number of aromatic amines is 1. The number of benzene rings is 1. The van der Waals surface area contributed by atoms with Crippen LogP contribution in [-0.2, 0) is 0 Å². The lowest BCUT2D eigenvalue weighted by Gasteiger charge is -2.00. The lowest BCUT2D eigenvalue weighted by atomic mass is 10.2. The molecule has 1 aromatic heterocycles. The van der Waals surface area contributed by atoms with E-state index in [0.29, 0.717) is 0 Å². The Morgan fingerprint density at radius 2 is 2.18 bits per heavy atom. The van der Waals surface area contributed by atoms with Crippen molar-refractivity contribution in [2.45, 2.75) is 6.92 Å². The molecule has 0 saturated heterocycles. The molecule has 17 heavy (non-hydrogen) atoms. The van der Waals surface area contributed by atoms with Crippen LogP contribution in [0.15, 0.2) is 29.4 Å². The highest BCUT2D eigenvalue weighted by Crippen LogP contribution is 2.08. The minimum atomic E-state index is 0.0688. The normalized spacial score (nSPS) is 10.9. The van der Waals surface area contributed by atoms with Gasteiger partial charge < -0.3 is 0 Å². The summed E-state index contributed by atoms with van der Waals surface area (Å²) in [6.45, 7) is 1.99. The smallest absolute Gasteiger partial charge is 0.235 e. The van der Waals surface area contributed by atoms with Crippen LogP contribution in [0.2, 0.25) is 0 Å². The number of tetrazole rings is 1. The number of anilines is 1. The van der Waals surface area contributed by atoms with Crippen molar-refractivity contribution in [1.82, 2.24) is 20.6 Å². The summed E-state index contributed by atoms with van der Waals surface area (Å²) in [5.74, 6) is 0.159. The summed E-state index contributed by atoms with van der Waals surface area (Å²) in [5.41, 5.74) is 4.76. The van der Waals surface area contributed by atoms with Gasteiger partial charge in [0.2, 0.25) is 11.5 Å². The summed E-state index contributed by atoms with van der Waals surface area (Å²) in [7, 11) is 0. The van der Waals surface area contributed by atoms with Crippen LogP contribution in [0.1, 0.15) is 11.4 Å². The molecule has 0 bridgehead atoms. The number of hydrazone groups is 1. The molecule has 2 aromatic rings. The van der Waals surface area contributed by atoms with Gasteiger partial charge in [0.15, 0.2) is 0 Å². The number of nitrogens with zero attached hydrogens (tertiary/aromatic N) is 5. The Balaban J connectivity index is 2.14. The van der Waals surface area contributed by atoms with E-state index in [1.165, 1.54) is 0 Å². The zero-order valence-corrected chi connectivity index (χ0v) is 9.05. The summed E-state index contributed by atoms with van der Waals surface area (Å²) in [6.07, 6.45) is 0. The van der Waals surface area contributed by atoms with Crippen molar-refractivity contribution in [3.8, 4) is 6.07 Å². The molecule has 2 N–H and O–H groups in total. The maximum Gasteiger partial charge on any atom is 0.235 e. The molecule has 0 aliphatic carbocycles. The molecular weight excluding hydrogens is 218 g/mol. The first-order valence-corrected chi connectivity index (χ1v) is 4.84. The van der Waals surface area contributed by atoms with E-state index in [-0.39, 0.29) is 11.5 Å². The first kappa shape index (κ1) is 10.8. The molecule has 1 aromatic carbocycles. The highest BCUT2D eigenvalue weighted by atomic mass is 15.5. The Kier molecular flexibility index (Phi) is 3.07. The van der Waals surface area contributed by atoms with Crippen molar-refractivity contribution < 1.29 is 0 Å². The largest absolute Gasteiger partial charge is 0.277 e. The van der Waals surface area contributed by atoms with Crippen molar-refractivity contribution in [3.05, 3.63) is 35.7 Å². The van der Waals surface area contributed by atoms with E-state index in [4.69, 9.17) is 5.26 Å². The molecule has 0 unspecified atom stereocenters. The van der Waals surface area contributed by atoms with Gasteiger partial charge in [-0.25, -0.2) is 0 Å². The number of hydrogen-bond acceptors (Lipinski definition) is 6. The van der Waals surface area contributed by atoms with Crippen molar-refractivity contribution in [2.75, 3.05) is 5.43 Å². The van der Waals surface area contributed by atoms with E-state index in [2.05, 4.69) is 31.2 Å². The fourth-order valence-electron chi connectivity index (χ4n) is 1.14. The maximum atomic E-state index is 8.88. The zero-order valence-electron chi connectivity index (χ0n) is 9.05. The van der Waals surface area contributed by atoms with E-state index in [9.17, 15) is 0 Å². The van der Waals surface area contributed by atoms with E-state index in [1.54, 1.807) is 0 Å². The molecular formula is C10H9N7. The Bertz CT molecular complexity index is 547. The number of rotatable bonds is 3. The average Bonchev–Trinajstić information content (AvgIpc) is 2.86. The third kappa shape index (κ3) is 2.63. The number of aromatic nitrogens is 4. The van der Waals surface area contributed by atoms with E-state index in [0.717, 1.165) is 11.3 Å². The molecule has 0 aliphatic heterocycles. The van der Waals surface area contributed by atoms with Gasteiger partial charge in [0, 0.05) is 0 Å². The quantitative estimate of drug-likeness (QED) is 0.597. The number of hydrogen-bond donors (Lipinski definition) is 2. The summed E-state index contributed by atoms with van der Waals surface area (Å²) in [6, 6.07) is 9.50. The second kappa shape index (κ2) is 4.85. The Morgan fingerprint density at radius 1 is 1.41 bits per heavy atom. The van der Waals surface area contributed by atoms with Crippen LogP contribution >= 0.6 is 0 Å². The fraction of sp³-hybridized carbons (Fsp3) is 0.100. The van der Waals surface area contributed by atoms with E-state index >= 15 is 0 Å². The van der Waals surface area contributed by atoms with Crippen LogP contribution in [0.25, 0.3) is 0 Å². The van der Waals surface area contributed by atoms with Crippen molar-refractivity contribution in [2.24, 2.45) is 5.10 Å². The van der Waals surface area contributed by atoms with Gasteiger partial charge in [-0.2, -0.15) is 15.6 Å². The molecule has 0 radical (unpaired) electrons. The van der Waals surface area contributed by atoms with Gasteiger partial charge >= 0.3 is 0 Å². The predicted octanol–water partition coefficient (Wildman–Crippen LogP) is 0.848. The molecule has 84 valence electrons. The van der Waals surface area contributed by atoms with E-state index < -0.39 is 0 Å². The minimum absolute atomic E-state index is 0.0688. The van der Waals surface area contributed by atoms with Crippen molar-refractivity contribution >= 4 is 11.4 Å². The number of nitriles is 1. The predicted molar refractivity (Wildman–Crippen MR) is 61.1 cm³/mol. The first-order chi connectivity index (χ1) is 8.29. The van der Waals surface area contributed by atoms with Gasteiger partial charge in [0.05, 0.1) is 5.69 Å². The topological polar surface area (TPSA) is 103 Å². The standard InChI is InChI=1S/C10H9N7/c1-7-2-4-8(5-3-7)12-13-9(6-11)10-14-16-17-15-10/h2-5,12H,1H3,(H,14,15,16,17)/b13-9+. The van der Waals surface area contributed by atoms with Gasteiger partial charge in [-0.15, -0.1) is 10.2 Å². The Labute approximate surface area is 97.2 Å². The summed E-state index contributed by atoms with van der Waals surface area (Å²) >= 11 is 0. The van der Waals surface area contributed by atoms with Crippen LogP contribution in [0.3, 0.4) is 0 Å². The van der Waals surface area contributed by atoms with Gasteiger partial charge in [-0.3, -0.25) is 5.43 Å². The van der Waals surface area contributed by atoms with Gasteiger partial charge in [0.25, 0.3) is 0 Å². The molecule has 0 aliphatic rings. The molecule has 7 nitrogen and oxygen atoms in total. The van der Waals surface area contributed by atoms with Gasteiger partial charge in [0.1, 0.15) is 6.07 Å². The molecule has 0 amide bonds. The van der Waals surface area contributed by atoms with Crippen molar-refractivity contribution in [1.29, 1.82) is 5.26 Å². The lowest BCUT2D eigenvalue weighted by molar-refractivity contribution is 0.881. The second-order valence-electron chi connectivity index (χ2n) is 3.29. The zero-order chi connectivity index (χ0) is 12.1. The Morgan fingerprint density at radius 3 is 2.76 bits per heavy atom. The number of aryl methyl sites for hydroxylation is 1. The van der Waals surface area contributed by atoms with Crippen LogP contribution in [0, 0.1) is 18.3 Å². The highest BCUT2D eigenvalue weighted by Gasteiger charge is 2.07. The number of nitrogens with one attached hydrogen (secondary N) is 2. The molecule has 0 fully saturated rings. The lowest BCUT2D eigenvalue weighted by Crippen LogP contribution is -2.04. The summed E-state index contributed by atoms with van der Waals surface area (Å²) in [4.78, 5) is 0. The first-order valence-electron chi connectivity index (χ1n) is 4.84. The molecule has 2 rings (SSSR count). The average molecular weight is 227 g/mol. The van der Waals surface area contributed by atoms with Gasteiger partial charge in [-0.05, 0) is 24.3 Å². The van der Waals surface area contributed by atoms with Gasteiger partial charge in [-0.1, -0.05) is 17.7 Å². The Hall–Kier alpha value is -2.75. The SMILES string of the molecule is Cc1ccc(N/N=C(\C#N)c2nn[nH]n2)cc1. The number of H-pyrrole nitrogens is 1. The third-order valence-electron chi connectivity index (χ3n) is 2.01. The van der Waals surface area contributed by atoms with Crippen LogP contribution in [-0.4, -0.2) is 26.3 Å². The summed E-state index contributed by atoms with van der Waals surface area (Å²) < 4.78 is 0. The third-order valence-corrected chi connectivity index (χ3v) is 2.01. The molecule has 0 atom stereocenters. The van der Waals surface area contributed by atoms with Crippen LogP contribution < -0.4 is 5.43 Å². The van der Waals surface area contributed by atoms with E-state index in [1.807, 2.05) is 37.3 Å². The van der Waals surface area contributed by atoms with Crippen molar-refractivity contribution in [3.63, 3.8) is 0 Å². The maximum absolute atomic E-state index is 8.88. The second-order valence-corrected chi connectivity index (χ2v) is 3.29. The van der Waals surface area contributed by atoms with Crippen LogP contribution in [0.4, 0.5) is 5.69 Å². The minimum Gasteiger partial charge on any atom is -0.277 e. The summed E-state index contributed by atoms with van der Waals surface area (Å²) in [5, 5.41) is 25.8. The molecule has 7 heteroatoms. The fourth-order valence-corrected chi connectivity index (χ4v) is 1.14. The van der Waals surface area contributed by atoms with Crippen LogP contribution in [0.5, 0.6) is 0 Å². The molecule has 1 heterocycles. The highest BCUT2D eigenvalue weighted by molar-refractivity contribution is 6.09. The molecule has 0 spiro atoms. The molecule has 0 saturated carbocycles. The monoisotopic (exact) mass is 227 g/mol.